The van der Waals surface area contributed by atoms with Gasteiger partial charge in [-0.3, -0.25) is 9.59 Å². The second-order valence-corrected chi connectivity index (χ2v) is 8.10. The molecule has 1 fully saturated rings. The SMILES string of the molecule is COc1ccc(NC(=O)CCC2CCCN(C(=O)CCOc3ccccc3)C2)cc1Cl. The maximum Gasteiger partial charge on any atom is 0.226 e. The molecule has 166 valence electrons. The number of anilines is 1. The molecule has 0 bridgehead atoms. The standard InChI is InChI=1S/C24H29ClN2O4/c1-30-22-11-10-19(16-21(22)25)26-23(28)12-9-18-6-5-14-27(17-18)24(29)13-15-31-20-7-3-2-4-8-20/h2-4,7-8,10-11,16,18H,5-6,9,12-15,17H2,1H3,(H,26,28). The van der Waals surface area contributed by atoms with Crippen molar-refractivity contribution in [3.8, 4) is 11.5 Å². The van der Waals surface area contributed by atoms with Gasteiger partial charge in [0.2, 0.25) is 11.8 Å². The van der Waals surface area contributed by atoms with Crippen LogP contribution in [0.4, 0.5) is 5.69 Å². The van der Waals surface area contributed by atoms with Gasteiger partial charge in [0, 0.05) is 25.2 Å². The number of piperidine rings is 1. The minimum Gasteiger partial charge on any atom is -0.495 e. The lowest BCUT2D eigenvalue weighted by atomic mass is 9.93. The molecule has 1 heterocycles. The molecule has 1 atom stereocenters. The lowest BCUT2D eigenvalue weighted by Crippen LogP contribution is -2.40. The van der Waals surface area contributed by atoms with E-state index < -0.39 is 0 Å². The molecule has 0 aliphatic carbocycles. The molecule has 0 aromatic heterocycles. The number of para-hydroxylation sites is 1. The van der Waals surface area contributed by atoms with E-state index in [0.29, 0.717) is 48.4 Å². The highest BCUT2D eigenvalue weighted by Gasteiger charge is 2.24. The first-order valence-corrected chi connectivity index (χ1v) is 11.0. The zero-order chi connectivity index (χ0) is 22.1. The number of hydrogen-bond donors (Lipinski definition) is 1. The van der Waals surface area contributed by atoms with Gasteiger partial charge in [-0.2, -0.15) is 0 Å². The third-order valence-electron chi connectivity index (χ3n) is 5.41. The fourth-order valence-corrected chi connectivity index (χ4v) is 4.02. The van der Waals surface area contributed by atoms with Crippen molar-refractivity contribution in [3.63, 3.8) is 0 Å². The molecular formula is C24H29ClN2O4. The Kier molecular flexibility index (Phi) is 8.59. The number of likely N-dealkylation sites (tertiary alicyclic amines) is 1. The normalized spacial score (nSPS) is 15.9. The lowest BCUT2D eigenvalue weighted by Gasteiger charge is -2.33. The minimum absolute atomic E-state index is 0.0547. The van der Waals surface area contributed by atoms with Gasteiger partial charge in [0.15, 0.2) is 0 Å². The summed E-state index contributed by atoms with van der Waals surface area (Å²) in [6.07, 6.45) is 3.52. The van der Waals surface area contributed by atoms with Crippen LogP contribution >= 0.6 is 11.6 Å². The third kappa shape index (κ3) is 7.17. The molecule has 7 heteroatoms. The number of hydrogen-bond acceptors (Lipinski definition) is 4. The molecule has 0 radical (unpaired) electrons. The molecule has 6 nitrogen and oxygen atoms in total. The molecule has 1 aliphatic heterocycles. The van der Waals surface area contributed by atoms with Crippen LogP contribution in [0.5, 0.6) is 11.5 Å². The predicted molar refractivity (Wildman–Crippen MR) is 122 cm³/mol. The van der Waals surface area contributed by atoms with E-state index in [-0.39, 0.29) is 11.8 Å². The first-order valence-electron chi connectivity index (χ1n) is 10.6. The molecule has 2 aromatic carbocycles. The van der Waals surface area contributed by atoms with E-state index in [1.54, 1.807) is 25.3 Å². The molecule has 0 saturated carbocycles. The third-order valence-corrected chi connectivity index (χ3v) is 5.71. The average Bonchev–Trinajstić information content (AvgIpc) is 2.79. The number of ether oxygens (including phenoxy) is 2. The van der Waals surface area contributed by atoms with Gasteiger partial charge in [0.25, 0.3) is 0 Å². The molecule has 2 amide bonds. The van der Waals surface area contributed by atoms with Crippen molar-refractivity contribution in [3.05, 3.63) is 53.6 Å². The molecule has 1 saturated heterocycles. The molecule has 2 aromatic rings. The van der Waals surface area contributed by atoms with E-state index in [0.717, 1.165) is 31.6 Å². The van der Waals surface area contributed by atoms with Gasteiger partial charge in [0.05, 0.1) is 25.2 Å². The Morgan fingerprint density at radius 2 is 1.97 bits per heavy atom. The summed E-state index contributed by atoms with van der Waals surface area (Å²) in [6.45, 7) is 1.85. The maximum absolute atomic E-state index is 12.5. The highest BCUT2D eigenvalue weighted by molar-refractivity contribution is 6.32. The number of benzene rings is 2. The van der Waals surface area contributed by atoms with E-state index in [9.17, 15) is 9.59 Å². The molecule has 3 rings (SSSR count). The van der Waals surface area contributed by atoms with E-state index in [1.165, 1.54) is 0 Å². The van der Waals surface area contributed by atoms with E-state index >= 15 is 0 Å². The molecule has 1 aliphatic rings. The summed E-state index contributed by atoms with van der Waals surface area (Å²) in [5, 5.41) is 3.33. The van der Waals surface area contributed by atoms with Crippen LogP contribution in [0.15, 0.2) is 48.5 Å². The lowest BCUT2D eigenvalue weighted by molar-refractivity contribution is -0.133. The van der Waals surface area contributed by atoms with Gasteiger partial charge in [-0.1, -0.05) is 29.8 Å². The van der Waals surface area contributed by atoms with Crippen molar-refractivity contribution in [2.24, 2.45) is 5.92 Å². The number of nitrogens with one attached hydrogen (secondary N) is 1. The number of carbonyl (C=O) groups is 2. The van der Waals surface area contributed by atoms with Gasteiger partial charge in [-0.25, -0.2) is 0 Å². The second kappa shape index (κ2) is 11.6. The van der Waals surface area contributed by atoms with E-state index in [1.807, 2.05) is 35.2 Å². The Hall–Kier alpha value is -2.73. The van der Waals surface area contributed by atoms with Crippen molar-refractivity contribution >= 4 is 29.1 Å². The Morgan fingerprint density at radius 1 is 1.16 bits per heavy atom. The van der Waals surface area contributed by atoms with Gasteiger partial charge >= 0.3 is 0 Å². The van der Waals surface area contributed by atoms with Crippen LogP contribution < -0.4 is 14.8 Å². The molecule has 1 unspecified atom stereocenters. The van der Waals surface area contributed by atoms with Crippen molar-refractivity contribution < 1.29 is 19.1 Å². The topological polar surface area (TPSA) is 67.9 Å². The first-order chi connectivity index (χ1) is 15.0. The fourth-order valence-electron chi connectivity index (χ4n) is 3.76. The highest BCUT2D eigenvalue weighted by atomic mass is 35.5. The molecule has 31 heavy (non-hydrogen) atoms. The van der Waals surface area contributed by atoms with Crippen molar-refractivity contribution in [1.82, 2.24) is 4.90 Å². The number of methoxy groups -OCH3 is 1. The van der Waals surface area contributed by atoms with Crippen LogP contribution in [-0.4, -0.2) is 43.5 Å². The van der Waals surface area contributed by atoms with Crippen LogP contribution in [0.25, 0.3) is 0 Å². The number of nitrogens with zero attached hydrogens (tertiary/aromatic N) is 1. The fraction of sp³-hybridized carbons (Fsp3) is 0.417. The van der Waals surface area contributed by atoms with Crippen LogP contribution in [-0.2, 0) is 9.59 Å². The zero-order valence-corrected chi connectivity index (χ0v) is 18.6. The Bertz CT molecular complexity index is 875. The molecule has 0 spiro atoms. The number of carbonyl (C=O) groups excluding carboxylic acids is 2. The summed E-state index contributed by atoms with van der Waals surface area (Å²) in [7, 11) is 1.55. The average molecular weight is 445 g/mol. The Balaban J connectivity index is 1.39. The first kappa shape index (κ1) is 22.9. The summed E-state index contributed by atoms with van der Waals surface area (Å²) in [5.74, 6) is 1.73. The largest absolute Gasteiger partial charge is 0.495 e. The Labute approximate surface area is 188 Å². The van der Waals surface area contributed by atoms with Gasteiger partial charge in [0.1, 0.15) is 11.5 Å². The Morgan fingerprint density at radius 3 is 2.71 bits per heavy atom. The second-order valence-electron chi connectivity index (χ2n) is 7.70. The van der Waals surface area contributed by atoms with Crippen LogP contribution in [0.3, 0.4) is 0 Å². The summed E-state index contributed by atoms with van der Waals surface area (Å²) in [5.41, 5.74) is 0.648. The zero-order valence-electron chi connectivity index (χ0n) is 17.8. The quantitative estimate of drug-likeness (QED) is 0.604. The molecular weight excluding hydrogens is 416 g/mol. The number of rotatable bonds is 9. The monoisotopic (exact) mass is 444 g/mol. The molecule has 1 N–H and O–H groups in total. The van der Waals surface area contributed by atoms with Gasteiger partial charge in [-0.15, -0.1) is 0 Å². The summed E-state index contributed by atoms with van der Waals surface area (Å²) >= 11 is 6.11. The number of amides is 2. The number of halogens is 1. The van der Waals surface area contributed by atoms with Crippen LogP contribution in [0, 0.1) is 5.92 Å². The van der Waals surface area contributed by atoms with Crippen molar-refractivity contribution in [2.45, 2.75) is 32.1 Å². The summed E-state index contributed by atoms with van der Waals surface area (Å²) in [4.78, 5) is 26.8. The van der Waals surface area contributed by atoms with E-state index in [2.05, 4.69) is 5.32 Å². The summed E-state index contributed by atoms with van der Waals surface area (Å²) in [6, 6.07) is 14.7. The minimum atomic E-state index is -0.0547. The van der Waals surface area contributed by atoms with Gasteiger partial charge < -0.3 is 19.7 Å². The van der Waals surface area contributed by atoms with Crippen molar-refractivity contribution in [1.29, 1.82) is 0 Å². The maximum atomic E-state index is 12.5. The summed E-state index contributed by atoms with van der Waals surface area (Å²) < 4.78 is 10.8. The van der Waals surface area contributed by atoms with Crippen molar-refractivity contribution in [2.75, 3.05) is 32.1 Å². The smallest absolute Gasteiger partial charge is 0.226 e. The highest BCUT2D eigenvalue weighted by Crippen LogP contribution is 2.27. The predicted octanol–water partition coefficient (Wildman–Crippen LogP) is 4.78. The van der Waals surface area contributed by atoms with Gasteiger partial charge in [-0.05, 0) is 55.5 Å². The van der Waals surface area contributed by atoms with Crippen LogP contribution in [0.2, 0.25) is 5.02 Å². The van der Waals surface area contributed by atoms with Crippen LogP contribution in [0.1, 0.15) is 32.1 Å². The van der Waals surface area contributed by atoms with E-state index in [4.69, 9.17) is 21.1 Å².